The summed E-state index contributed by atoms with van der Waals surface area (Å²) in [6.45, 7) is -0.0244. The topological polar surface area (TPSA) is 116 Å². The van der Waals surface area contributed by atoms with Crippen LogP contribution in [0.3, 0.4) is 0 Å². The van der Waals surface area contributed by atoms with Crippen molar-refractivity contribution >= 4 is 27.5 Å². The third kappa shape index (κ3) is 3.72. The molecule has 0 aromatic heterocycles. The molecular weight excluding hydrogens is 318 g/mol. The Bertz CT molecular complexity index is 807. The molecule has 0 radical (unpaired) electrons. The minimum atomic E-state index is -4.06. The standard InChI is InChI=1S/C15H17N3O4S/c1-18(15(19)22-10-11-5-3-2-4-6-11)23(20,21)12-7-8-13(16)14(17)9-12/h2-9H,10,16-17H2,1H3. The van der Waals surface area contributed by atoms with Gasteiger partial charge in [0.15, 0.2) is 0 Å². The van der Waals surface area contributed by atoms with Gasteiger partial charge in [0.05, 0.1) is 16.3 Å². The molecule has 0 aliphatic rings. The normalized spacial score (nSPS) is 11.0. The Morgan fingerprint density at radius 1 is 1.09 bits per heavy atom. The van der Waals surface area contributed by atoms with Crippen LogP contribution in [-0.4, -0.2) is 25.9 Å². The fraction of sp³-hybridized carbons (Fsp3) is 0.133. The van der Waals surface area contributed by atoms with E-state index in [1.807, 2.05) is 6.07 Å². The smallest absolute Gasteiger partial charge is 0.423 e. The largest absolute Gasteiger partial charge is 0.444 e. The molecule has 0 spiro atoms. The molecule has 8 heteroatoms. The zero-order chi connectivity index (χ0) is 17.0. The van der Waals surface area contributed by atoms with Gasteiger partial charge < -0.3 is 16.2 Å². The van der Waals surface area contributed by atoms with E-state index in [2.05, 4.69) is 0 Å². The zero-order valence-corrected chi connectivity index (χ0v) is 13.3. The summed E-state index contributed by atoms with van der Waals surface area (Å²) in [5.74, 6) is 0. The molecule has 4 N–H and O–H groups in total. The first-order chi connectivity index (χ1) is 10.8. The molecule has 0 fully saturated rings. The number of benzene rings is 2. The van der Waals surface area contributed by atoms with Gasteiger partial charge in [-0.15, -0.1) is 0 Å². The Labute approximate surface area is 134 Å². The first-order valence-electron chi connectivity index (χ1n) is 6.67. The van der Waals surface area contributed by atoms with E-state index in [4.69, 9.17) is 16.2 Å². The number of nitrogen functional groups attached to an aromatic ring is 2. The molecule has 0 saturated heterocycles. The van der Waals surface area contributed by atoms with Gasteiger partial charge in [0, 0.05) is 7.05 Å². The number of carbonyl (C=O) groups excluding carboxylic acids is 1. The minimum absolute atomic E-state index is 0.0244. The first kappa shape index (κ1) is 16.6. The van der Waals surface area contributed by atoms with E-state index in [1.54, 1.807) is 24.3 Å². The molecule has 7 nitrogen and oxygen atoms in total. The van der Waals surface area contributed by atoms with E-state index < -0.39 is 16.1 Å². The predicted octanol–water partition coefficient (Wildman–Crippen LogP) is 1.81. The van der Waals surface area contributed by atoms with Crippen molar-refractivity contribution in [2.45, 2.75) is 11.5 Å². The highest BCUT2D eigenvalue weighted by atomic mass is 32.2. The molecule has 122 valence electrons. The minimum Gasteiger partial charge on any atom is -0.444 e. The van der Waals surface area contributed by atoms with E-state index in [1.165, 1.54) is 18.2 Å². The maximum atomic E-state index is 12.4. The number of nitrogens with zero attached hydrogens (tertiary/aromatic N) is 1. The molecule has 2 rings (SSSR count). The number of nitrogens with two attached hydrogens (primary N) is 2. The van der Waals surface area contributed by atoms with Crippen molar-refractivity contribution < 1.29 is 17.9 Å². The number of hydrogen-bond donors (Lipinski definition) is 2. The summed E-state index contributed by atoms with van der Waals surface area (Å²) in [5, 5.41) is 0. The SMILES string of the molecule is CN(C(=O)OCc1ccccc1)S(=O)(=O)c1ccc(N)c(N)c1. The Morgan fingerprint density at radius 2 is 1.74 bits per heavy atom. The molecule has 2 aromatic carbocycles. The highest BCUT2D eigenvalue weighted by Crippen LogP contribution is 2.22. The molecule has 1 amide bonds. The number of sulfonamides is 1. The Hall–Kier alpha value is -2.74. The van der Waals surface area contributed by atoms with Gasteiger partial charge in [-0.05, 0) is 23.8 Å². The van der Waals surface area contributed by atoms with Crippen molar-refractivity contribution in [1.82, 2.24) is 4.31 Å². The number of hydrogen-bond acceptors (Lipinski definition) is 6. The van der Waals surface area contributed by atoms with Gasteiger partial charge in [0.1, 0.15) is 6.61 Å². The highest BCUT2D eigenvalue weighted by Gasteiger charge is 2.27. The Morgan fingerprint density at radius 3 is 2.35 bits per heavy atom. The molecule has 23 heavy (non-hydrogen) atoms. The van der Waals surface area contributed by atoms with Crippen LogP contribution in [0.2, 0.25) is 0 Å². The summed E-state index contributed by atoms with van der Waals surface area (Å²) in [4.78, 5) is 11.8. The lowest BCUT2D eigenvalue weighted by atomic mass is 10.2. The lowest BCUT2D eigenvalue weighted by Crippen LogP contribution is -2.33. The average molecular weight is 335 g/mol. The van der Waals surface area contributed by atoms with E-state index in [0.717, 1.165) is 12.6 Å². The average Bonchev–Trinajstić information content (AvgIpc) is 2.55. The van der Waals surface area contributed by atoms with Crippen LogP contribution >= 0.6 is 0 Å². The number of ether oxygens (including phenoxy) is 1. The molecule has 0 aliphatic heterocycles. The van der Waals surface area contributed by atoms with Crippen molar-refractivity contribution in [3.63, 3.8) is 0 Å². The Kier molecular flexibility index (Phi) is 4.75. The van der Waals surface area contributed by atoms with E-state index >= 15 is 0 Å². The lowest BCUT2D eigenvalue weighted by molar-refractivity contribution is 0.124. The van der Waals surface area contributed by atoms with Crippen molar-refractivity contribution in [3.8, 4) is 0 Å². The number of amides is 1. The molecule has 0 aliphatic carbocycles. The summed E-state index contributed by atoms with van der Waals surface area (Å²) in [7, 11) is -2.94. The molecular formula is C15H17N3O4S. The van der Waals surface area contributed by atoms with Crippen LogP contribution in [0.4, 0.5) is 16.2 Å². The molecule has 0 bridgehead atoms. The second-order valence-corrected chi connectivity index (χ2v) is 6.77. The van der Waals surface area contributed by atoms with Crippen LogP contribution < -0.4 is 11.5 Å². The van der Waals surface area contributed by atoms with Crippen molar-refractivity contribution in [3.05, 3.63) is 54.1 Å². The summed E-state index contributed by atoms with van der Waals surface area (Å²) in [5.41, 5.74) is 12.3. The maximum Gasteiger partial charge on any atom is 0.423 e. The third-order valence-corrected chi connectivity index (χ3v) is 4.90. The predicted molar refractivity (Wildman–Crippen MR) is 86.8 cm³/mol. The van der Waals surface area contributed by atoms with Gasteiger partial charge in [0.25, 0.3) is 10.0 Å². The fourth-order valence-electron chi connectivity index (χ4n) is 1.78. The van der Waals surface area contributed by atoms with E-state index in [0.29, 0.717) is 4.31 Å². The lowest BCUT2D eigenvalue weighted by Gasteiger charge is -2.17. The number of carbonyl (C=O) groups is 1. The van der Waals surface area contributed by atoms with Crippen LogP contribution in [-0.2, 0) is 21.4 Å². The zero-order valence-electron chi connectivity index (χ0n) is 12.5. The molecule has 0 heterocycles. The number of rotatable bonds is 4. The summed E-state index contributed by atoms with van der Waals surface area (Å²) in [6.07, 6.45) is -0.982. The van der Waals surface area contributed by atoms with Crippen LogP contribution in [0.25, 0.3) is 0 Å². The maximum absolute atomic E-state index is 12.4. The molecule has 0 atom stereocenters. The number of anilines is 2. The van der Waals surface area contributed by atoms with Crippen molar-refractivity contribution in [2.24, 2.45) is 0 Å². The first-order valence-corrected chi connectivity index (χ1v) is 8.11. The monoisotopic (exact) mass is 335 g/mol. The fourth-order valence-corrected chi connectivity index (χ4v) is 2.86. The van der Waals surface area contributed by atoms with Crippen molar-refractivity contribution in [2.75, 3.05) is 18.5 Å². The van der Waals surface area contributed by atoms with Crippen LogP contribution in [0.1, 0.15) is 5.56 Å². The van der Waals surface area contributed by atoms with Gasteiger partial charge in [0.2, 0.25) is 0 Å². The van der Waals surface area contributed by atoms with Gasteiger partial charge in [-0.3, -0.25) is 0 Å². The second-order valence-electron chi connectivity index (χ2n) is 4.80. The van der Waals surface area contributed by atoms with E-state index in [9.17, 15) is 13.2 Å². The molecule has 0 saturated carbocycles. The van der Waals surface area contributed by atoms with Gasteiger partial charge in [-0.2, -0.15) is 0 Å². The van der Waals surface area contributed by atoms with E-state index in [-0.39, 0.29) is 22.9 Å². The Balaban J connectivity index is 2.12. The summed E-state index contributed by atoms with van der Waals surface area (Å²) < 4.78 is 30.3. The van der Waals surface area contributed by atoms with Gasteiger partial charge in [-0.25, -0.2) is 17.5 Å². The second kappa shape index (κ2) is 6.57. The van der Waals surface area contributed by atoms with Crippen LogP contribution in [0, 0.1) is 0 Å². The van der Waals surface area contributed by atoms with Crippen molar-refractivity contribution in [1.29, 1.82) is 0 Å². The van der Waals surface area contributed by atoms with Crippen LogP contribution in [0.5, 0.6) is 0 Å². The van der Waals surface area contributed by atoms with Gasteiger partial charge in [-0.1, -0.05) is 30.3 Å². The molecule has 2 aromatic rings. The van der Waals surface area contributed by atoms with Gasteiger partial charge >= 0.3 is 6.09 Å². The highest BCUT2D eigenvalue weighted by molar-refractivity contribution is 7.89. The quantitative estimate of drug-likeness (QED) is 0.823. The summed E-state index contributed by atoms with van der Waals surface area (Å²) in [6, 6.07) is 12.8. The van der Waals surface area contributed by atoms with Crippen LogP contribution in [0.15, 0.2) is 53.4 Å². The third-order valence-electron chi connectivity index (χ3n) is 3.18. The molecule has 0 unspecified atom stereocenters. The summed E-state index contributed by atoms with van der Waals surface area (Å²) >= 11 is 0.